The number of benzene rings is 2. The highest BCUT2D eigenvalue weighted by Crippen LogP contribution is 2.32. The molecule has 0 aliphatic carbocycles. The van der Waals surface area contributed by atoms with Gasteiger partial charge in [-0.1, -0.05) is 42.5 Å². The molecule has 2 aliphatic heterocycles. The minimum absolute atomic E-state index is 0.0225. The maximum Gasteiger partial charge on any atom is 0.317 e. The van der Waals surface area contributed by atoms with Gasteiger partial charge in [0.05, 0.1) is 18.4 Å². The number of para-hydroxylation sites is 1. The zero-order valence-electron chi connectivity index (χ0n) is 19.1. The van der Waals surface area contributed by atoms with Gasteiger partial charge in [-0.25, -0.2) is 17.9 Å². The van der Waals surface area contributed by atoms with E-state index < -0.39 is 10.0 Å². The molecule has 2 amide bonds. The summed E-state index contributed by atoms with van der Waals surface area (Å²) >= 11 is 0. The predicted octanol–water partition coefficient (Wildman–Crippen LogP) is 3.55. The van der Waals surface area contributed by atoms with E-state index in [0.29, 0.717) is 32.5 Å². The molecule has 2 unspecified atom stereocenters. The van der Waals surface area contributed by atoms with Crippen LogP contribution in [0, 0.1) is 0 Å². The van der Waals surface area contributed by atoms with Crippen molar-refractivity contribution in [3.8, 4) is 16.9 Å². The van der Waals surface area contributed by atoms with Crippen molar-refractivity contribution in [1.82, 2.24) is 14.9 Å². The minimum atomic E-state index is -3.38. The molecular formula is C25H33N3O4S. The number of rotatable bonds is 3. The first-order valence-electron chi connectivity index (χ1n) is 11.8. The Morgan fingerprint density at radius 1 is 1.12 bits per heavy atom. The molecule has 4 rings (SSSR count). The van der Waals surface area contributed by atoms with Crippen molar-refractivity contribution >= 4 is 16.1 Å². The third kappa shape index (κ3) is 5.86. The fraction of sp³-hybridized carbons (Fsp3) is 0.480. The summed E-state index contributed by atoms with van der Waals surface area (Å²) < 4.78 is 33.5. The molecule has 2 atom stereocenters. The predicted molar refractivity (Wildman–Crippen MR) is 130 cm³/mol. The number of nitrogens with one attached hydrogen (secondary N) is 2. The van der Waals surface area contributed by atoms with E-state index in [1.807, 2.05) is 30.3 Å². The Hall–Kier alpha value is -2.58. The van der Waals surface area contributed by atoms with Crippen molar-refractivity contribution in [3.63, 3.8) is 0 Å². The van der Waals surface area contributed by atoms with Gasteiger partial charge in [0.25, 0.3) is 0 Å². The molecule has 8 heteroatoms. The van der Waals surface area contributed by atoms with Gasteiger partial charge in [0.1, 0.15) is 5.75 Å². The number of hydrogen-bond donors (Lipinski definition) is 2. The van der Waals surface area contributed by atoms with E-state index in [4.69, 9.17) is 4.74 Å². The van der Waals surface area contributed by atoms with E-state index in [0.717, 1.165) is 41.7 Å². The summed E-state index contributed by atoms with van der Waals surface area (Å²) in [4.78, 5) is 14.8. The molecule has 2 aliphatic rings. The lowest BCUT2D eigenvalue weighted by atomic mass is 9.96. The Morgan fingerprint density at radius 3 is 2.82 bits per heavy atom. The number of carbonyl (C=O) groups excluding carboxylic acids is 1. The molecule has 1 fully saturated rings. The summed E-state index contributed by atoms with van der Waals surface area (Å²) in [6.07, 6.45) is 3.92. The van der Waals surface area contributed by atoms with E-state index in [1.54, 1.807) is 11.8 Å². The zero-order chi connectivity index (χ0) is 23.3. The highest BCUT2D eigenvalue weighted by Gasteiger charge is 2.38. The third-order valence-corrected chi connectivity index (χ3v) is 7.86. The molecule has 2 heterocycles. The highest BCUT2D eigenvalue weighted by atomic mass is 32.2. The van der Waals surface area contributed by atoms with Crippen LogP contribution in [0.1, 0.15) is 38.2 Å². The second-order valence-electron chi connectivity index (χ2n) is 8.72. The smallest absolute Gasteiger partial charge is 0.317 e. The van der Waals surface area contributed by atoms with Gasteiger partial charge in [-0.2, -0.15) is 0 Å². The largest absolute Gasteiger partial charge is 0.493 e. The molecule has 0 spiro atoms. The SMILES string of the molecule is CCS(=O)(=O)NC1CCN2C(=O)NCCCCCOc3ccccc3-c3cccc(c3)CC12. The van der Waals surface area contributed by atoms with Crippen molar-refractivity contribution < 1.29 is 17.9 Å². The minimum Gasteiger partial charge on any atom is -0.493 e. The fourth-order valence-electron chi connectivity index (χ4n) is 4.63. The average molecular weight is 472 g/mol. The van der Waals surface area contributed by atoms with Gasteiger partial charge in [-0.15, -0.1) is 0 Å². The van der Waals surface area contributed by atoms with Crippen molar-refractivity contribution in [2.75, 3.05) is 25.4 Å². The Bertz CT molecular complexity index is 1070. The number of amides is 2. The molecule has 2 aromatic carbocycles. The molecule has 7 nitrogen and oxygen atoms in total. The first-order chi connectivity index (χ1) is 16.0. The van der Waals surface area contributed by atoms with E-state index >= 15 is 0 Å². The number of carbonyl (C=O) groups is 1. The lowest BCUT2D eigenvalue weighted by Crippen LogP contribution is -2.50. The van der Waals surface area contributed by atoms with Crippen LogP contribution < -0.4 is 14.8 Å². The third-order valence-electron chi connectivity index (χ3n) is 6.44. The summed E-state index contributed by atoms with van der Waals surface area (Å²) in [5.41, 5.74) is 3.14. The Balaban J connectivity index is 1.67. The van der Waals surface area contributed by atoms with Crippen molar-refractivity contribution in [3.05, 3.63) is 54.1 Å². The van der Waals surface area contributed by atoms with Crippen LogP contribution >= 0.6 is 0 Å². The summed E-state index contributed by atoms with van der Waals surface area (Å²) in [6, 6.07) is 15.6. The molecular weight excluding hydrogens is 438 g/mol. The quantitative estimate of drug-likeness (QED) is 0.717. The lowest BCUT2D eigenvalue weighted by molar-refractivity contribution is 0.189. The number of ether oxygens (including phenoxy) is 1. The van der Waals surface area contributed by atoms with Gasteiger partial charge < -0.3 is 15.0 Å². The molecule has 1 saturated heterocycles. The molecule has 0 radical (unpaired) electrons. The molecule has 33 heavy (non-hydrogen) atoms. The van der Waals surface area contributed by atoms with Crippen LogP contribution in [0.25, 0.3) is 11.1 Å². The molecule has 2 N–H and O–H groups in total. The van der Waals surface area contributed by atoms with Crippen molar-refractivity contribution in [2.45, 2.75) is 51.1 Å². The van der Waals surface area contributed by atoms with Crippen LogP contribution in [0.4, 0.5) is 4.79 Å². The Labute approximate surface area is 196 Å². The molecule has 178 valence electrons. The Kier molecular flexibility index (Phi) is 7.55. The Morgan fingerprint density at radius 2 is 1.97 bits per heavy atom. The highest BCUT2D eigenvalue weighted by molar-refractivity contribution is 7.89. The maximum atomic E-state index is 13.0. The first-order valence-corrected chi connectivity index (χ1v) is 13.5. The molecule has 2 bridgehead atoms. The van der Waals surface area contributed by atoms with Gasteiger partial charge in [-0.3, -0.25) is 0 Å². The van der Waals surface area contributed by atoms with E-state index in [1.165, 1.54) is 0 Å². The summed E-state index contributed by atoms with van der Waals surface area (Å²) in [5, 5.41) is 3.02. The monoisotopic (exact) mass is 471 g/mol. The lowest BCUT2D eigenvalue weighted by Gasteiger charge is -2.29. The number of urea groups is 1. The summed E-state index contributed by atoms with van der Waals surface area (Å²) in [7, 11) is -3.38. The molecule has 0 aromatic heterocycles. The van der Waals surface area contributed by atoms with Gasteiger partial charge in [-0.05, 0) is 56.2 Å². The topological polar surface area (TPSA) is 87.7 Å². The van der Waals surface area contributed by atoms with Gasteiger partial charge in [0.15, 0.2) is 0 Å². The van der Waals surface area contributed by atoms with Crippen molar-refractivity contribution in [2.24, 2.45) is 0 Å². The van der Waals surface area contributed by atoms with Crippen LogP contribution in [-0.2, 0) is 16.4 Å². The second-order valence-corrected chi connectivity index (χ2v) is 10.8. The standard InChI is InChI=1S/C25H33N3O4S/c1-2-33(30,31)27-22-13-15-28-23(22)18-19-9-8-10-20(17-19)21-11-4-5-12-24(21)32-16-7-3-6-14-26-25(28)29/h4-5,8-12,17,22-23,27H,2-3,6-7,13-16,18H2,1H3,(H,26,29). The first kappa shape index (κ1) is 23.6. The molecule has 2 aromatic rings. The fourth-order valence-corrected chi connectivity index (χ4v) is 5.53. The maximum absolute atomic E-state index is 13.0. The van der Waals surface area contributed by atoms with Crippen LogP contribution in [0.5, 0.6) is 5.75 Å². The average Bonchev–Trinajstić information content (AvgIpc) is 3.19. The van der Waals surface area contributed by atoms with Gasteiger partial charge >= 0.3 is 6.03 Å². The van der Waals surface area contributed by atoms with Crippen LogP contribution in [0.2, 0.25) is 0 Å². The van der Waals surface area contributed by atoms with Gasteiger partial charge in [0, 0.05) is 24.7 Å². The van der Waals surface area contributed by atoms with Crippen LogP contribution in [0.15, 0.2) is 48.5 Å². The number of sulfonamides is 1. The summed E-state index contributed by atoms with van der Waals surface area (Å²) in [6.45, 7) is 3.39. The van der Waals surface area contributed by atoms with Crippen LogP contribution in [0.3, 0.4) is 0 Å². The van der Waals surface area contributed by atoms with Gasteiger partial charge in [0.2, 0.25) is 10.0 Å². The number of hydrogen-bond acceptors (Lipinski definition) is 4. The van der Waals surface area contributed by atoms with Crippen molar-refractivity contribution in [1.29, 1.82) is 0 Å². The number of fused-ring (bicyclic) bond motifs is 5. The van der Waals surface area contributed by atoms with E-state index in [9.17, 15) is 13.2 Å². The van der Waals surface area contributed by atoms with E-state index in [-0.39, 0.29) is 23.9 Å². The zero-order valence-corrected chi connectivity index (χ0v) is 19.9. The normalized spacial score (nSPS) is 22.1. The molecule has 0 saturated carbocycles. The second kappa shape index (κ2) is 10.6. The van der Waals surface area contributed by atoms with Crippen LogP contribution in [-0.4, -0.2) is 56.9 Å². The number of nitrogens with zero attached hydrogens (tertiary/aromatic N) is 1. The van der Waals surface area contributed by atoms with E-state index in [2.05, 4.69) is 28.2 Å². The summed E-state index contributed by atoms with van der Waals surface area (Å²) in [5.74, 6) is 0.889.